The molecular formula is C21H24N4O3S2. The molecule has 1 fully saturated rings. The molecule has 1 aromatic carbocycles. The van der Waals surface area contributed by atoms with Gasteiger partial charge in [-0.15, -0.1) is 0 Å². The predicted octanol–water partition coefficient (Wildman–Crippen LogP) is 3.35. The summed E-state index contributed by atoms with van der Waals surface area (Å²) < 4.78 is 27.0. The van der Waals surface area contributed by atoms with Crippen LogP contribution in [0.15, 0.2) is 42.6 Å². The summed E-state index contributed by atoms with van der Waals surface area (Å²) in [5.74, 6) is -0.249. The minimum atomic E-state index is -3.49. The summed E-state index contributed by atoms with van der Waals surface area (Å²) in [6.07, 6.45) is 4.94. The van der Waals surface area contributed by atoms with E-state index in [4.69, 9.17) is 0 Å². The van der Waals surface area contributed by atoms with Gasteiger partial charge in [0.2, 0.25) is 15.9 Å². The van der Waals surface area contributed by atoms with E-state index in [1.165, 1.54) is 21.9 Å². The van der Waals surface area contributed by atoms with Gasteiger partial charge in [0, 0.05) is 12.7 Å². The Morgan fingerprint density at radius 2 is 2.10 bits per heavy atom. The van der Waals surface area contributed by atoms with E-state index < -0.39 is 16.1 Å². The van der Waals surface area contributed by atoms with E-state index in [0.29, 0.717) is 18.1 Å². The number of amides is 1. The van der Waals surface area contributed by atoms with Crippen LogP contribution in [0.25, 0.3) is 10.2 Å². The van der Waals surface area contributed by atoms with Crippen molar-refractivity contribution < 1.29 is 13.2 Å². The largest absolute Gasteiger partial charge is 0.281 e. The average Bonchev–Trinajstić information content (AvgIpc) is 3.14. The van der Waals surface area contributed by atoms with Gasteiger partial charge >= 0.3 is 0 Å². The lowest BCUT2D eigenvalue weighted by Gasteiger charge is -2.35. The number of anilines is 1. The van der Waals surface area contributed by atoms with Crippen LogP contribution in [-0.2, 0) is 21.4 Å². The Balaban J connectivity index is 1.74. The maximum absolute atomic E-state index is 13.7. The first-order valence-electron chi connectivity index (χ1n) is 9.88. The molecule has 30 heavy (non-hydrogen) atoms. The first-order valence-corrected chi connectivity index (χ1v) is 12.5. The molecule has 1 amide bonds. The quantitative estimate of drug-likeness (QED) is 0.603. The number of nitrogens with zero attached hydrogens (tertiary/aromatic N) is 4. The van der Waals surface area contributed by atoms with E-state index in [2.05, 4.69) is 9.97 Å². The van der Waals surface area contributed by atoms with Crippen molar-refractivity contribution in [2.45, 2.75) is 38.8 Å². The number of hydrogen-bond donors (Lipinski definition) is 0. The Hall–Kier alpha value is -2.36. The number of carbonyl (C=O) groups is 1. The van der Waals surface area contributed by atoms with Crippen LogP contribution >= 0.6 is 11.3 Å². The number of thiazole rings is 1. The summed E-state index contributed by atoms with van der Waals surface area (Å²) in [5.41, 5.74) is 2.67. The first kappa shape index (κ1) is 20.9. The van der Waals surface area contributed by atoms with Crippen molar-refractivity contribution in [2.75, 3.05) is 17.7 Å². The number of benzene rings is 1. The molecule has 1 unspecified atom stereocenters. The topological polar surface area (TPSA) is 83.5 Å². The number of carbonyl (C=O) groups excluding carboxylic acids is 1. The molecule has 0 N–H and O–H groups in total. The van der Waals surface area contributed by atoms with Crippen molar-refractivity contribution >= 4 is 42.6 Å². The molecule has 0 bridgehead atoms. The molecule has 4 rings (SSSR count). The molecule has 1 atom stereocenters. The van der Waals surface area contributed by atoms with Crippen molar-refractivity contribution in [1.29, 1.82) is 0 Å². The fraction of sp³-hybridized carbons (Fsp3) is 0.381. The van der Waals surface area contributed by atoms with Crippen LogP contribution in [0.5, 0.6) is 0 Å². The highest BCUT2D eigenvalue weighted by atomic mass is 32.2. The van der Waals surface area contributed by atoms with Gasteiger partial charge in [0.1, 0.15) is 6.04 Å². The Labute approximate surface area is 180 Å². The number of piperidine rings is 1. The van der Waals surface area contributed by atoms with Gasteiger partial charge in [-0.05, 0) is 49.6 Å². The van der Waals surface area contributed by atoms with Gasteiger partial charge in [0.05, 0.1) is 28.7 Å². The zero-order chi connectivity index (χ0) is 21.3. The monoisotopic (exact) mass is 444 g/mol. The Morgan fingerprint density at radius 1 is 1.27 bits per heavy atom. The van der Waals surface area contributed by atoms with Gasteiger partial charge in [-0.1, -0.05) is 29.9 Å². The highest BCUT2D eigenvalue weighted by molar-refractivity contribution is 7.88. The summed E-state index contributed by atoms with van der Waals surface area (Å²) in [6.45, 7) is 2.62. The smallest absolute Gasteiger partial charge is 0.247 e. The Kier molecular flexibility index (Phi) is 5.86. The molecule has 9 heteroatoms. The lowest BCUT2D eigenvalue weighted by atomic mass is 10.0. The molecule has 0 aliphatic carbocycles. The van der Waals surface area contributed by atoms with E-state index in [9.17, 15) is 13.2 Å². The van der Waals surface area contributed by atoms with Crippen LogP contribution in [0.2, 0.25) is 0 Å². The van der Waals surface area contributed by atoms with Gasteiger partial charge in [-0.2, -0.15) is 4.31 Å². The molecule has 1 aliphatic rings. The predicted molar refractivity (Wildman–Crippen MR) is 119 cm³/mol. The van der Waals surface area contributed by atoms with Crippen LogP contribution < -0.4 is 4.90 Å². The fourth-order valence-corrected chi connectivity index (χ4v) is 5.94. The average molecular weight is 445 g/mol. The van der Waals surface area contributed by atoms with E-state index in [1.807, 2.05) is 43.3 Å². The highest BCUT2D eigenvalue weighted by Crippen LogP contribution is 2.32. The van der Waals surface area contributed by atoms with Crippen LogP contribution in [0, 0.1) is 6.92 Å². The summed E-state index contributed by atoms with van der Waals surface area (Å²) in [6, 6.07) is 10.8. The van der Waals surface area contributed by atoms with Gasteiger partial charge < -0.3 is 0 Å². The van der Waals surface area contributed by atoms with Crippen molar-refractivity contribution in [3.8, 4) is 0 Å². The molecule has 3 aromatic rings. The SMILES string of the molecule is Cc1ccc2nc(N(Cc3ccccn3)C(=O)C3CCCCN3S(C)(=O)=O)sc2c1. The molecule has 158 valence electrons. The zero-order valence-electron chi connectivity index (χ0n) is 17.0. The molecule has 1 aliphatic heterocycles. The second kappa shape index (κ2) is 8.41. The van der Waals surface area contributed by atoms with Gasteiger partial charge in [0.25, 0.3) is 0 Å². The summed E-state index contributed by atoms with van der Waals surface area (Å²) in [7, 11) is -3.49. The number of fused-ring (bicyclic) bond motifs is 1. The molecular weight excluding hydrogens is 420 g/mol. The third kappa shape index (κ3) is 4.38. The number of hydrogen-bond acceptors (Lipinski definition) is 6. The highest BCUT2D eigenvalue weighted by Gasteiger charge is 2.38. The summed E-state index contributed by atoms with van der Waals surface area (Å²) >= 11 is 1.44. The number of rotatable bonds is 5. The van der Waals surface area contributed by atoms with Crippen molar-refractivity contribution in [1.82, 2.24) is 14.3 Å². The normalized spacial score (nSPS) is 17.9. The lowest BCUT2D eigenvalue weighted by molar-refractivity contribution is -0.123. The lowest BCUT2D eigenvalue weighted by Crippen LogP contribution is -2.52. The third-order valence-electron chi connectivity index (χ3n) is 5.24. The van der Waals surface area contributed by atoms with E-state index >= 15 is 0 Å². The molecule has 1 saturated heterocycles. The van der Waals surface area contributed by atoms with Crippen molar-refractivity contribution in [3.05, 3.63) is 53.9 Å². The van der Waals surface area contributed by atoms with Gasteiger partial charge in [-0.3, -0.25) is 14.7 Å². The van der Waals surface area contributed by atoms with E-state index in [1.54, 1.807) is 11.1 Å². The van der Waals surface area contributed by atoms with Crippen molar-refractivity contribution in [3.63, 3.8) is 0 Å². The molecule has 7 nitrogen and oxygen atoms in total. The first-order chi connectivity index (χ1) is 14.3. The summed E-state index contributed by atoms with van der Waals surface area (Å²) in [4.78, 5) is 24.3. The van der Waals surface area contributed by atoms with Gasteiger partial charge in [-0.25, -0.2) is 13.4 Å². The molecule has 0 radical (unpaired) electrons. The Morgan fingerprint density at radius 3 is 2.83 bits per heavy atom. The molecule has 0 saturated carbocycles. The third-order valence-corrected chi connectivity index (χ3v) is 7.57. The van der Waals surface area contributed by atoms with Crippen molar-refractivity contribution in [2.24, 2.45) is 0 Å². The zero-order valence-corrected chi connectivity index (χ0v) is 18.6. The molecule has 2 aromatic heterocycles. The van der Waals surface area contributed by atoms with Crippen LogP contribution in [0.1, 0.15) is 30.5 Å². The standard InChI is InChI=1S/C21H24N4O3S2/c1-15-9-10-17-19(13-15)29-21(23-17)24(14-16-7-3-5-11-22-16)20(26)18-8-4-6-12-25(18)30(2,27)28/h3,5,7,9-11,13,18H,4,6,8,12,14H2,1-2H3. The fourth-order valence-electron chi connectivity index (χ4n) is 3.76. The summed E-state index contributed by atoms with van der Waals surface area (Å²) in [5, 5.41) is 0.560. The van der Waals surface area contributed by atoms with Crippen LogP contribution in [-0.4, -0.2) is 47.4 Å². The maximum atomic E-state index is 13.7. The van der Waals surface area contributed by atoms with E-state index in [0.717, 1.165) is 34.3 Å². The molecule has 0 spiro atoms. The molecule has 3 heterocycles. The van der Waals surface area contributed by atoms with E-state index in [-0.39, 0.29) is 12.5 Å². The van der Waals surface area contributed by atoms with Gasteiger partial charge in [0.15, 0.2) is 5.13 Å². The number of aryl methyl sites for hydroxylation is 1. The minimum absolute atomic E-state index is 0.243. The maximum Gasteiger partial charge on any atom is 0.247 e. The second-order valence-corrected chi connectivity index (χ2v) is 10.5. The number of pyridine rings is 1. The number of sulfonamides is 1. The minimum Gasteiger partial charge on any atom is -0.281 e. The Bertz CT molecular complexity index is 1160. The van der Waals surface area contributed by atoms with Crippen LogP contribution in [0.3, 0.4) is 0 Å². The number of aromatic nitrogens is 2. The second-order valence-electron chi connectivity index (χ2n) is 7.60. The van der Waals surface area contributed by atoms with Crippen LogP contribution in [0.4, 0.5) is 5.13 Å².